The molecule has 1 atom stereocenters. The number of amides is 2. The Labute approximate surface area is 220 Å². The maximum Gasteiger partial charge on any atom is 0.242 e. The van der Waals surface area contributed by atoms with Crippen LogP contribution in [-0.4, -0.2) is 50.5 Å². The molecule has 0 spiro atoms. The first-order valence-corrected chi connectivity index (χ1v) is 14.5. The first-order chi connectivity index (χ1) is 17.0. The van der Waals surface area contributed by atoms with Crippen molar-refractivity contribution >= 4 is 39.1 Å². The normalized spacial score (nSPS) is 12.2. The monoisotopic (exact) mass is 535 g/mol. The van der Waals surface area contributed by atoms with Gasteiger partial charge in [-0.3, -0.25) is 13.9 Å². The molecule has 0 aliphatic rings. The van der Waals surface area contributed by atoms with Crippen molar-refractivity contribution in [2.24, 2.45) is 0 Å². The Morgan fingerprint density at radius 1 is 1.06 bits per heavy atom. The predicted octanol–water partition coefficient (Wildman–Crippen LogP) is 4.84. The number of hydrogen-bond acceptors (Lipinski definition) is 4. The number of halogens is 1. The van der Waals surface area contributed by atoms with Crippen molar-refractivity contribution in [3.8, 4) is 0 Å². The molecule has 7 nitrogen and oxygen atoms in total. The fraction of sp³-hybridized carbons (Fsp3) is 0.481. The Hall–Kier alpha value is -2.58. The minimum Gasteiger partial charge on any atom is -0.354 e. The Bertz CT molecular complexity index is 1150. The van der Waals surface area contributed by atoms with Gasteiger partial charge >= 0.3 is 0 Å². The largest absolute Gasteiger partial charge is 0.354 e. The van der Waals surface area contributed by atoms with Crippen LogP contribution in [0.1, 0.15) is 56.2 Å². The molecule has 2 rings (SSSR count). The highest BCUT2D eigenvalue weighted by molar-refractivity contribution is 7.92. The van der Waals surface area contributed by atoms with Gasteiger partial charge < -0.3 is 10.2 Å². The number of hydrogen-bond donors (Lipinski definition) is 1. The van der Waals surface area contributed by atoms with Crippen molar-refractivity contribution < 1.29 is 18.0 Å². The van der Waals surface area contributed by atoms with Crippen molar-refractivity contribution in [1.82, 2.24) is 10.2 Å². The van der Waals surface area contributed by atoms with Gasteiger partial charge in [0.2, 0.25) is 21.8 Å². The third kappa shape index (κ3) is 8.23. The molecule has 0 radical (unpaired) electrons. The Kier molecular flexibility index (Phi) is 11.2. The molecule has 198 valence electrons. The fourth-order valence-electron chi connectivity index (χ4n) is 3.92. The fourth-order valence-corrected chi connectivity index (χ4v) is 5.13. The number of carbonyl (C=O) groups is 2. The van der Waals surface area contributed by atoms with Gasteiger partial charge in [0, 0.05) is 31.1 Å². The summed E-state index contributed by atoms with van der Waals surface area (Å²) in [7, 11) is -3.55. The zero-order valence-electron chi connectivity index (χ0n) is 21.9. The van der Waals surface area contributed by atoms with Crippen LogP contribution in [0, 0.1) is 13.8 Å². The molecular weight excluding hydrogens is 498 g/mol. The summed E-state index contributed by atoms with van der Waals surface area (Å²) in [5, 5.41) is 3.41. The lowest BCUT2D eigenvalue weighted by atomic mass is 10.1. The average molecular weight is 536 g/mol. The van der Waals surface area contributed by atoms with E-state index in [1.807, 2.05) is 51.1 Å². The smallest absolute Gasteiger partial charge is 0.242 e. The van der Waals surface area contributed by atoms with E-state index in [9.17, 15) is 18.0 Å². The van der Waals surface area contributed by atoms with Crippen LogP contribution in [0.2, 0.25) is 5.02 Å². The van der Waals surface area contributed by atoms with E-state index in [-0.39, 0.29) is 31.3 Å². The van der Waals surface area contributed by atoms with Crippen molar-refractivity contribution in [1.29, 1.82) is 0 Å². The number of unbranched alkanes of at least 4 members (excludes halogenated alkanes) is 1. The molecule has 1 N–H and O–H groups in total. The van der Waals surface area contributed by atoms with Gasteiger partial charge in [0.25, 0.3) is 0 Å². The third-order valence-electron chi connectivity index (χ3n) is 6.29. The third-order valence-corrected chi connectivity index (χ3v) is 7.84. The van der Waals surface area contributed by atoms with E-state index in [0.29, 0.717) is 23.7 Å². The number of carbonyl (C=O) groups excluding carboxylic acids is 2. The van der Waals surface area contributed by atoms with Gasteiger partial charge in [-0.1, -0.05) is 55.3 Å². The lowest BCUT2D eigenvalue weighted by Gasteiger charge is -2.30. The number of anilines is 1. The zero-order valence-corrected chi connectivity index (χ0v) is 23.5. The Balaban J connectivity index is 2.19. The first-order valence-electron chi connectivity index (χ1n) is 12.3. The molecule has 0 saturated heterocycles. The zero-order chi connectivity index (χ0) is 26.9. The number of rotatable bonds is 13. The Morgan fingerprint density at radius 3 is 2.39 bits per heavy atom. The number of nitrogens with zero attached hydrogens (tertiary/aromatic N) is 2. The molecule has 0 aliphatic carbocycles. The van der Waals surface area contributed by atoms with Gasteiger partial charge in [-0.25, -0.2) is 8.42 Å². The highest BCUT2D eigenvalue weighted by Gasteiger charge is 2.27. The molecule has 0 aliphatic heterocycles. The summed E-state index contributed by atoms with van der Waals surface area (Å²) < 4.78 is 26.5. The quantitative estimate of drug-likeness (QED) is 0.372. The van der Waals surface area contributed by atoms with Crippen LogP contribution >= 0.6 is 11.6 Å². The molecule has 0 aromatic heterocycles. The Morgan fingerprint density at radius 2 is 1.75 bits per heavy atom. The van der Waals surface area contributed by atoms with Gasteiger partial charge in [0.05, 0.1) is 11.9 Å². The van der Waals surface area contributed by atoms with Crippen LogP contribution in [0.4, 0.5) is 5.69 Å². The van der Waals surface area contributed by atoms with Crippen molar-refractivity contribution in [2.45, 2.75) is 66.0 Å². The van der Waals surface area contributed by atoms with Crippen LogP contribution < -0.4 is 9.62 Å². The minimum absolute atomic E-state index is 0.0912. The number of nitrogens with one attached hydrogen (secondary N) is 1. The second-order valence-corrected chi connectivity index (χ2v) is 11.4. The summed E-state index contributed by atoms with van der Waals surface area (Å²) in [5.74, 6) is -0.459. The summed E-state index contributed by atoms with van der Waals surface area (Å²) >= 11 is 6.34. The highest BCUT2D eigenvalue weighted by Crippen LogP contribution is 2.26. The van der Waals surface area contributed by atoms with Crippen molar-refractivity contribution in [2.75, 3.05) is 23.7 Å². The van der Waals surface area contributed by atoms with Gasteiger partial charge in [0.1, 0.15) is 6.04 Å². The van der Waals surface area contributed by atoms with Crippen LogP contribution in [0.5, 0.6) is 0 Å². The van der Waals surface area contributed by atoms with E-state index < -0.39 is 16.1 Å². The topological polar surface area (TPSA) is 86.8 Å². The maximum absolute atomic E-state index is 13.4. The number of benzene rings is 2. The molecular formula is C27H38ClN3O4S. The second kappa shape index (κ2) is 13.7. The molecule has 0 bridgehead atoms. The second-order valence-electron chi connectivity index (χ2n) is 9.09. The lowest BCUT2D eigenvalue weighted by molar-refractivity contribution is -0.140. The molecule has 2 aromatic rings. The molecule has 9 heteroatoms. The highest BCUT2D eigenvalue weighted by atomic mass is 35.5. The van der Waals surface area contributed by atoms with Crippen LogP contribution in [0.3, 0.4) is 0 Å². The summed E-state index contributed by atoms with van der Waals surface area (Å²) in [5.41, 5.74) is 3.23. The minimum atomic E-state index is -3.55. The van der Waals surface area contributed by atoms with Crippen LogP contribution in [-0.2, 0) is 26.2 Å². The molecule has 0 heterocycles. The SMILES string of the molecule is CCCCNC(=O)C(C)N(Cc1ccccc1Cl)C(=O)CCCN(c1cccc(C)c1C)S(C)(=O)=O. The predicted molar refractivity (Wildman–Crippen MR) is 147 cm³/mol. The van der Waals surface area contributed by atoms with Crippen LogP contribution in [0.25, 0.3) is 0 Å². The molecule has 1 unspecified atom stereocenters. The first kappa shape index (κ1) is 29.6. The molecule has 2 amide bonds. The van der Waals surface area contributed by atoms with Gasteiger partial charge in [-0.05, 0) is 62.4 Å². The van der Waals surface area contributed by atoms with Gasteiger partial charge in [0.15, 0.2) is 0 Å². The van der Waals surface area contributed by atoms with Crippen molar-refractivity contribution in [3.63, 3.8) is 0 Å². The van der Waals surface area contributed by atoms with E-state index in [4.69, 9.17) is 11.6 Å². The van der Waals surface area contributed by atoms with Gasteiger partial charge in [-0.2, -0.15) is 0 Å². The lowest BCUT2D eigenvalue weighted by Crippen LogP contribution is -2.48. The maximum atomic E-state index is 13.4. The average Bonchev–Trinajstić information content (AvgIpc) is 2.82. The summed E-state index contributed by atoms with van der Waals surface area (Å²) in [6.45, 7) is 8.46. The van der Waals surface area contributed by atoms with Crippen molar-refractivity contribution in [3.05, 3.63) is 64.2 Å². The van der Waals surface area contributed by atoms with Gasteiger partial charge in [-0.15, -0.1) is 0 Å². The summed E-state index contributed by atoms with van der Waals surface area (Å²) in [6.07, 6.45) is 3.38. The molecule has 2 aromatic carbocycles. The van der Waals surface area contributed by atoms with E-state index in [1.165, 1.54) is 15.5 Å². The standard InChI is InChI=1S/C27H38ClN3O4S/c1-6-7-17-29-27(33)22(4)30(19-23-13-8-9-14-24(23)28)26(32)16-11-18-31(36(5,34)35)25-15-10-12-20(2)21(25)3/h8-10,12-15,22H,6-7,11,16-19H2,1-5H3,(H,29,33). The van der Waals surface area contributed by atoms with E-state index in [0.717, 1.165) is 29.5 Å². The van der Waals surface area contributed by atoms with E-state index in [2.05, 4.69) is 5.32 Å². The van der Waals surface area contributed by atoms with Crippen LogP contribution in [0.15, 0.2) is 42.5 Å². The molecule has 0 fully saturated rings. The number of sulfonamides is 1. The van der Waals surface area contributed by atoms with E-state index in [1.54, 1.807) is 19.1 Å². The number of aryl methyl sites for hydroxylation is 1. The van der Waals surface area contributed by atoms with E-state index >= 15 is 0 Å². The molecule has 0 saturated carbocycles. The molecule has 36 heavy (non-hydrogen) atoms. The summed E-state index contributed by atoms with van der Waals surface area (Å²) in [6, 6.07) is 12.1. The summed E-state index contributed by atoms with van der Waals surface area (Å²) in [4.78, 5) is 27.7.